The summed E-state index contributed by atoms with van der Waals surface area (Å²) in [4.78, 5) is 9.07. The van der Waals surface area contributed by atoms with Crippen molar-refractivity contribution in [2.45, 2.75) is 20.0 Å². The molecule has 134 valence electrons. The molecule has 0 spiro atoms. The van der Waals surface area contributed by atoms with E-state index in [-0.39, 0.29) is 6.10 Å². The SMILES string of the molecule is CC(C)COC(CN1CCN(c2ccncc2)CC1)c1ccccc1. The zero-order valence-corrected chi connectivity index (χ0v) is 15.3. The lowest BCUT2D eigenvalue weighted by Crippen LogP contribution is -2.47. The van der Waals surface area contributed by atoms with Gasteiger partial charge in [0.05, 0.1) is 6.10 Å². The van der Waals surface area contributed by atoms with Gasteiger partial charge in [-0.3, -0.25) is 9.88 Å². The number of anilines is 1. The Hall–Kier alpha value is -1.91. The third kappa shape index (κ3) is 5.28. The molecule has 0 amide bonds. The van der Waals surface area contributed by atoms with Gasteiger partial charge in [-0.2, -0.15) is 0 Å². The second kappa shape index (κ2) is 8.97. The smallest absolute Gasteiger partial charge is 0.0951 e. The van der Waals surface area contributed by atoms with Crippen molar-refractivity contribution in [2.75, 3.05) is 44.2 Å². The van der Waals surface area contributed by atoms with E-state index in [1.54, 1.807) is 0 Å². The number of rotatable bonds is 7. The first kappa shape index (κ1) is 17.9. The second-order valence-corrected chi connectivity index (χ2v) is 7.12. The average molecular weight is 339 g/mol. The van der Waals surface area contributed by atoms with E-state index in [0.717, 1.165) is 39.3 Å². The van der Waals surface area contributed by atoms with Crippen LogP contribution in [0.25, 0.3) is 0 Å². The van der Waals surface area contributed by atoms with Crippen LogP contribution >= 0.6 is 0 Å². The fourth-order valence-electron chi connectivity index (χ4n) is 3.21. The van der Waals surface area contributed by atoms with Gasteiger partial charge in [0, 0.05) is 57.4 Å². The number of benzene rings is 1. The van der Waals surface area contributed by atoms with Gasteiger partial charge in [0.1, 0.15) is 0 Å². The topological polar surface area (TPSA) is 28.6 Å². The Morgan fingerprint density at radius 3 is 2.28 bits per heavy atom. The summed E-state index contributed by atoms with van der Waals surface area (Å²) in [5, 5.41) is 0. The first-order valence-electron chi connectivity index (χ1n) is 9.26. The molecule has 0 saturated carbocycles. The summed E-state index contributed by atoms with van der Waals surface area (Å²) in [6.45, 7) is 10.4. The molecule has 1 aromatic heterocycles. The van der Waals surface area contributed by atoms with Gasteiger partial charge in [-0.25, -0.2) is 0 Å². The number of aromatic nitrogens is 1. The molecule has 1 unspecified atom stereocenters. The number of hydrogen-bond acceptors (Lipinski definition) is 4. The molecular formula is C21H29N3O. The standard InChI is InChI=1S/C21H29N3O/c1-18(2)17-25-21(19-6-4-3-5-7-19)16-23-12-14-24(15-13-23)20-8-10-22-11-9-20/h3-11,18,21H,12-17H2,1-2H3. The number of nitrogens with zero attached hydrogens (tertiary/aromatic N) is 3. The van der Waals surface area contributed by atoms with Gasteiger partial charge in [0.2, 0.25) is 0 Å². The zero-order valence-electron chi connectivity index (χ0n) is 15.3. The van der Waals surface area contributed by atoms with E-state index < -0.39 is 0 Å². The zero-order chi connectivity index (χ0) is 17.5. The molecule has 3 rings (SSSR count). The Bertz CT molecular complexity index is 610. The maximum Gasteiger partial charge on any atom is 0.0951 e. The second-order valence-electron chi connectivity index (χ2n) is 7.12. The highest BCUT2D eigenvalue weighted by Crippen LogP contribution is 2.22. The van der Waals surface area contributed by atoms with Gasteiger partial charge >= 0.3 is 0 Å². The summed E-state index contributed by atoms with van der Waals surface area (Å²) in [7, 11) is 0. The summed E-state index contributed by atoms with van der Waals surface area (Å²) < 4.78 is 6.24. The van der Waals surface area contributed by atoms with Crippen molar-refractivity contribution in [3.8, 4) is 0 Å². The fraction of sp³-hybridized carbons (Fsp3) is 0.476. The van der Waals surface area contributed by atoms with Gasteiger partial charge in [-0.1, -0.05) is 44.2 Å². The largest absolute Gasteiger partial charge is 0.372 e. The number of ether oxygens (including phenoxy) is 1. The van der Waals surface area contributed by atoms with E-state index in [2.05, 4.69) is 71.1 Å². The van der Waals surface area contributed by atoms with Crippen molar-refractivity contribution < 1.29 is 4.74 Å². The van der Waals surface area contributed by atoms with Crippen molar-refractivity contribution in [1.29, 1.82) is 0 Å². The van der Waals surface area contributed by atoms with Crippen LogP contribution in [0.3, 0.4) is 0 Å². The molecule has 1 saturated heterocycles. The fourth-order valence-corrected chi connectivity index (χ4v) is 3.21. The molecule has 1 aromatic carbocycles. The van der Waals surface area contributed by atoms with Gasteiger partial charge < -0.3 is 9.64 Å². The summed E-state index contributed by atoms with van der Waals surface area (Å²) in [6.07, 6.45) is 3.89. The quantitative estimate of drug-likeness (QED) is 0.770. The van der Waals surface area contributed by atoms with Crippen LogP contribution in [-0.4, -0.2) is 49.2 Å². The maximum atomic E-state index is 6.24. The molecule has 25 heavy (non-hydrogen) atoms. The third-order valence-electron chi connectivity index (χ3n) is 4.63. The lowest BCUT2D eigenvalue weighted by molar-refractivity contribution is 0.00984. The molecule has 0 N–H and O–H groups in total. The van der Waals surface area contributed by atoms with Gasteiger partial charge in [-0.05, 0) is 23.6 Å². The van der Waals surface area contributed by atoms with E-state index in [4.69, 9.17) is 4.74 Å². The average Bonchev–Trinajstić information content (AvgIpc) is 2.67. The minimum atomic E-state index is 0.149. The third-order valence-corrected chi connectivity index (χ3v) is 4.63. The highest BCUT2D eigenvalue weighted by atomic mass is 16.5. The predicted molar refractivity (Wildman–Crippen MR) is 103 cm³/mol. The van der Waals surface area contributed by atoms with Crippen molar-refractivity contribution in [1.82, 2.24) is 9.88 Å². The molecule has 0 aliphatic carbocycles. The van der Waals surface area contributed by atoms with Crippen molar-refractivity contribution >= 4 is 5.69 Å². The number of hydrogen-bond donors (Lipinski definition) is 0. The molecule has 4 heteroatoms. The van der Waals surface area contributed by atoms with E-state index in [1.165, 1.54) is 11.3 Å². The normalized spacial score (nSPS) is 17.0. The van der Waals surface area contributed by atoms with Crippen LogP contribution in [-0.2, 0) is 4.74 Å². The van der Waals surface area contributed by atoms with E-state index >= 15 is 0 Å². The van der Waals surface area contributed by atoms with Crippen LogP contribution in [0.4, 0.5) is 5.69 Å². The van der Waals surface area contributed by atoms with Crippen molar-refractivity contribution in [2.24, 2.45) is 5.92 Å². The van der Waals surface area contributed by atoms with Gasteiger partial charge in [-0.15, -0.1) is 0 Å². The highest BCUT2D eigenvalue weighted by Gasteiger charge is 2.22. The van der Waals surface area contributed by atoms with Crippen molar-refractivity contribution in [3.05, 3.63) is 60.4 Å². The Balaban J connectivity index is 1.57. The summed E-state index contributed by atoms with van der Waals surface area (Å²) >= 11 is 0. The molecular weight excluding hydrogens is 310 g/mol. The van der Waals surface area contributed by atoms with Crippen molar-refractivity contribution in [3.63, 3.8) is 0 Å². The number of pyridine rings is 1. The van der Waals surface area contributed by atoms with Crippen LogP contribution in [0.15, 0.2) is 54.9 Å². The van der Waals surface area contributed by atoms with Crippen LogP contribution in [0.2, 0.25) is 0 Å². The number of piperazine rings is 1. The molecule has 0 radical (unpaired) electrons. The molecule has 1 fully saturated rings. The van der Waals surface area contributed by atoms with E-state index in [0.29, 0.717) is 5.92 Å². The van der Waals surface area contributed by atoms with E-state index in [9.17, 15) is 0 Å². The monoisotopic (exact) mass is 339 g/mol. The lowest BCUT2D eigenvalue weighted by Gasteiger charge is -2.37. The molecule has 2 heterocycles. The molecule has 0 bridgehead atoms. The van der Waals surface area contributed by atoms with Crippen LogP contribution in [0.5, 0.6) is 0 Å². The Morgan fingerprint density at radius 2 is 1.64 bits per heavy atom. The van der Waals surface area contributed by atoms with Crippen LogP contribution in [0, 0.1) is 5.92 Å². The van der Waals surface area contributed by atoms with Crippen LogP contribution < -0.4 is 4.90 Å². The molecule has 1 aliphatic heterocycles. The molecule has 1 atom stereocenters. The molecule has 2 aromatic rings. The Morgan fingerprint density at radius 1 is 0.960 bits per heavy atom. The van der Waals surface area contributed by atoms with E-state index in [1.807, 2.05) is 12.4 Å². The highest BCUT2D eigenvalue weighted by molar-refractivity contribution is 5.44. The minimum absolute atomic E-state index is 0.149. The predicted octanol–water partition coefficient (Wildman–Crippen LogP) is 3.62. The molecule has 1 aliphatic rings. The first-order valence-corrected chi connectivity index (χ1v) is 9.26. The van der Waals surface area contributed by atoms with Gasteiger partial charge in [0.15, 0.2) is 0 Å². The maximum absolute atomic E-state index is 6.24. The summed E-state index contributed by atoms with van der Waals surface area (Å²) in [5.41, 5.74) is 2.55. The lowest BCUT2D eigenvalue weighted by atomic mass is 10.1. The summed E-state index contributed by atoms with van der Waals surface area (Å²) in [6, 6.07) is 14.8. The summed E-state index contributed by atoms with van der Waals surface area (Å²) in [5.74, 6) is 0.551. The molecule has 4 nitrogen and oxygen atoms in total. The van der Waals surface area contributed by atoms with Gasteiger partial charge in [0.25, 0.3) is 0 Å². The first-order chi connectivity index (χ1) is 12.2. The van der Waals surface area contributed by atoms with Crippen LogP contribution in [0.1, 0.15) is 25.5 Å². The Labute approximate surface area is 151 Å². The Kier molecular flexibility index (Phi) is 6.42. The minimum Gasteiger partial charge on any atom is -0.372 e.